The van der Waals surface area contributed by atoms with Crippen molar-refractivity contribution in [3.05, 3.63) is 0 Å². The Kier molecular flexibility index (Phi) is 5.29. The zero-order valence-electron chi connectivity index (χ0n) is 10.4. The third-order valence-corrected chi connectivity index (χ3v) is 3.13. The highest BCUT2D eigenvalue weighted by molar-refractivity contribution is 6.34. The first-order chi connectivity index (χ1) is 7.70. The van der Waals surface area contributed by atoms with Crippen LogP contribution in [0.2, 0.25) is 0 Å². The molecule has 1 aliphatic rings. The number of carbonyl (C=O) groups is 2. The van der Waals surface area contributed by atoms with Crippen molar-refractivity contribution in [1.82, 2.24) is 9.80 Å². The SMILES string of the molecule is CCN(CC)C(=O)C(=O)N1CCCCCC1. The van der Waals surface area contributed by atoms with Crippen molar-refractivity contribution in [3.8, 4) is 0 Å². The average Bonchev–Trinajstić information content (AvgIpc) is 2.58. The Morgan fingerprint density at radius 1 is 1.00 bits per heavy atom. The van der Waals surface area contributed by atoms with Gasteiger partial charge in [-0.1, -0.05) is 12.8 Å². The van der Waals surface area contributed by atoms with Gasteiger partial charge in [-0.15, -0.1) is 0 Å². The highest BCUT2D eigenvalue weighted by Crippen LogP contribution is 2.10. The molecule has 0 atom stereocenters. The monoisotopic (exact) mass is 226 g/mol. The van der Waals surface area contributed by atoms with Crippen LogP contribution >= 0.6 is 0 Å². The molecule has 2 amide bonds. The van der Waals surface area contributed by atoms with Crippen LogP contribution in [0.25, 0.3) is 0 Å². The van der Waals surface area contributed by atoms with Crippen LogP contribution in [0, 0.1) is 0 Å². The van der Waals surface area contributed by atoms with E-state index in [0.717, 1.165) is 25.9 Å². The standard InChI is InChI=1S/C12H22N2O2/c1-3-13(4-2)11(15)12(16)14-9-7-5-6-8-10-14/h3-10H2,1-2H3. The van der Waals surface area contributed by atoms with Crippen molar-refractivity contribution in [2.24, 2.45) is 0 Å². The molecule has 16 heavy (non-hydrogen) atoms. The fourth-order valence-corrected chi connectivity index (χ4v) is 2.06. The van der Waals surface area contributed by atoms with Crippen LogP contribution < -0.4 is 0 Å². The van der Waals surface area contributed by atoms with E-state index in [1.54, 1.807) is 9.80 Å². The lowest BCUT2D eigenvalue weighted by Gasteiger charge is -2.24. The van der Waals surface area contributed by atoms with Crippen LogP contribution in [-0.4, -0.2) is 47.8 Å². The van der Waals surface area contributed by atoms with Crippen molar-refractivity contribution in [2.45, 2.75) is 39.5 Å². The van der Waals surface area contributed by atoms with Gasteiger partial charge in [-0.3, -0.25) is 9.59 Å². The summed E-state index contributed by atoms with van der Waals surface area (Å²) in [6.07, 6.45) is 4.39. The Labute approximate surface area is 97.6 Å². The molecule has 92 valence electrons. The van der Waals surface area contributed by atoms with E-state index in [9.17, 15) is 9.59 Å². The molecule has 1 aliphatic heterocycles. The van der Waals surface area contributed by atoms with E-state index in [1.165, 1.54) is 12.8 Å². The van der Waals surface area contributed by atoms with E-state index < -0.39 is 0 Å². The van der Waals surface area contributed by atoms with Gasteiger partial charge in [0.1, 0.15) is 0 Å². The summed E-state index contributed by atoms with van der Waals surface area (Å²) in [6.45, 7) is 6.50. The van der Waals surface area contributed by atoms with Crippen molar-refractivity contribution < 1.29 is 9.59 Å². The number of nitrogens with zero attached hydrogens (tertiary/aromatic N) is 2. The Balaban J connectivity index is 2.57. The first kappa shape index (κ1) is 13.0. The number of likely N-dealkylation sites (N-methyl/N-ethyl adjacent to an activating group) is 1. The summed E-state index contributed by atoms with van der Waals surface area (Å²) in [6, 6.07) is 0. The molecule has 0 bridgehead atoms. The zero-order chi connectivity index (χ0) is 12.0. The first-order valence-electron chi connectivity index (χ1n) is 6.28. The number of likely N-dealkylation sites (tertiary alicyclic amines) is 1. The quantitative estimate of drug-likeness (QED) is 0.665. The van der Waals surface area contributed by atoms with Gasteiger partial charge >= 0.3 is 11.8 Å². The first-order valence-corrected chi connectivity index (χ1v) is 6.28. The molecule has 4 heteroatoms. The van der Waals surface area contributed by atoms with Crippen LogP contribution in [0.15, 0.2) is 0 Å². The van der Waals surface area contributed by atoms with Gasteiger partial charge in [0.2, 0.25) is 0 Å². The molecule has 1 heterocycles. The highest BCUT2D eigenvalue weighted by atomic mass is 16.2. The normalized spacial score (nSPS) is 16.8. The largest absolute Gasteiger partial charge is 0.335 e. The van der Waals surface area contributed by atoms with Crippen molar-refractivity contribution in [3.63, 3.8) is 0 Å². The predicted molar refractivity (Wildman–Crippen MR) is 63.0 cm³/mol. The van der Waals surface area contributed by atoms with E-state index >= 15 is 0 Å². The van der Waals surface area contributed by atoms with Gasteiger partial charge in [0.05, 0.1) is 0 Å². The molecule has 4 nitrogen and oxygen atoms in total. The third kappa shape index (κ3) is 3.22. The Hall–Kier alpha value is -1.06. The summed E-state index contributed by atoms with van der Waals surface area (Å²) in [4.78, 5) is 27.1. The average molecular weight is 226 g/mol. The molecule has 0 N–H and O–H groups in total. The molecule has 0 aromatic carbocycles. The van der Waals surface area contributed by atoms with Gasteiger partial charge in [0.15, 0.2) is 0 Å². The fourth-order valence-electron chi connectivity index (χ4n) is 2.06. The second kappa shape index (κ2) is 6.51. The zero-order valence-corrected chi connectivity index (χ0v) is 10.4. The number of rotatable bonds is 2. The van der Waals surface area contributed by atoms with E-state index in [-0.39, 0.29) is 11.8 Å². The molecule has 0 saturated carbocycles. The third-order valence-electron chi connectivity index (χ3n) is 3.13. The predicted octanol–water partition coefficient (Wildman–Crippen LogP) is 1.26. The van der Waals surface area contributed by atoms with Crippen LogP contribution in [0.3, 0.4) is 0 Å². The van der Waals surface area contributed by atoms with Gasteiger partial charge < -0.3 is 9.80 Å². The summed E-state index contributed by atoms with van der Waals surface area (Å²) >= 11 is 0. The van der Waals surface area contributed by atoms with E-state index in [4.69, 9.17) is 0 Å². The minimum atomic E-state index is -0.341. The molecular weight excluding hydrogens is 204 g/mol. The molecular formula is C12H22N2O2. The fraction of sp³-hybridized carbons (Fsp3) is 0.833. The van der Waals surface area contributed by atoms with Crippen molar-refractivity contribution in [2.75, 3.05) is 26.2 Å². The van der Waals surface area contributed by atoms with Gasteiger partial charge in [-0.2, -0.15) is 0 Å². The topological polar surface area (TPSA) is 40.6 Å². The van der Waals surface area contributed by atoms with E-state index in [0.29, 0.717) is 13.1 Å². The Morgan fingerprint density at radius 2 is 1.50 bits per heavy atom. The second-order valence-corrected chi connectivity index (χ2v) is 4.18. The molecule has 1 saturated heterocycles. The second-order valence-electron chi connectivity index (χ2n) is 4.18. The van der Waals surface area contributed by atoms with Crippen molar-refractivity contribution >= 4 is 11.8 Å². The molecule has 0 unspecified atom stereocenters. The highest BCUT2D eigenvalue weighted by Gasteiger charge is 2.25. The maximum atomic E-state index is 11.9. The molecule has 1 rings (SSSR count). The smallest absolute Gasteiger partial charge is 0.312 e. The lowest BCUT2D eigenvalue weighted by Crippen LogP contribution is -2.45. The van der Waals surface area contributed by atoms with Gasteiger partial charge in [-0.05, 0) is 26.7 Å². The van der Waals surface area contributed by atoms with Gasteiger partial charge in [-0.25, -0.2) is 0 Å². The number of hydrogen-bond donors (Lipinski definition) is 0. The van der Waals surface area contributed by atoms with Crippen LogP contribution in [0.4, 0.5) is 0 Å². The van der Waals surface area contributed by atoms with Crippen LogP contribution in [0.5, 0.6) is 0 Å². The minimum absolute atomic E-state index is 0.314. The molecule has 0 aliphatic carbocycles. The maximum absolute atomic E-state index is 11.9. The van der Waals surface area contributed by atoms with Crippen molar-refractivity contribution in [1.29, 1.82) is 0 Å². The summed E-state index contributed by atoms with van der Waals surface area (Å²) in [5.74, 6) is -0.655. The molecule has 0 radical (unpaired) electrons. The maximum Gasteiger partial charge on any atom is 0.312 e. The molecule has 0 aromatic rings. The molecule has 1 fully saturated rings. The Morgan fingerprint density at radius 3 is 1.94 bits per heavy atom. The van der Waals surface area contributed by atoms with Gasteiger partial charge in [0.25, 0.3) is 0 Å². The minimum Gasteiger partial charge on any atom is -0.335 e. The summed E-state index contributed by atoms with van der Waals surface area (Å²) in [5, 5.41) is 0. The number of hydrogen-bond acceptors (Lipinski definition) is 2. The summed E-state index contributed by atoms with van der Waals surface area (Å²) in [5.41, 5.74) is 0. The van der Waals surface area contributed by atoms with E-state index in [2.05, 4.69) is 0 Å². The molecule has 0 aromatic heterocycles. The van der Waals surface area contributed by atoms with Crippen LogP contribution in [0.1, 0.15) is 39.5 Å². The number of amides is 2. The van der Waals surface area contributed by atoms with Gasteiger partial charge in [0, 0.05) is 26.2 Å². The lowest BCUT2D eigenvalue weighted by atomic mass is 10.2. The lowest BCUT2D eigenvalue weighted by molar-refractivity contribution is -0.151. The van der Waals surface area contributed by atoms with E-state index in [1.807, 2.05) is 13.8 Å². The summed E-state index contributed by atoms with van der Waals surface area (Å²) in [7, 11) is 0. The van der Waals surface area contributed by atoms with Crippen LogP contribution in [-0.2, 0) is 9.59 Å². The summed E-state index contributed by atoms with van der Waals surface area (Å²) < 4.78 is 0. The molecule has 0 spiro atoms. The number of carbonyl (C=O) groups excluding carboxylic acids is 2. The Bertz CT molecular complexity index is 241.